The highest BCUT2D eigenvalue weighted by Crippen LogP contribution is 2.26. The molecule has 76 valence electrons. The largest absolute Gasteiger partial charge is 0.383 e. The van der Waals surface area contributed by atoms with E-state index in [1.54, 1.807) is 0 Å². The van der Waals surface area contributed by atoms with Gasteiger partial charge in [-0.1, -0.05) is 23.2 Å². The maximum atomic E-state index is 10.6. The highest BCUT2D eigenvalue weighted by molar-refractivity contribution is 6.70. The predicted molar refractivity (Wildman–Crippen MR) is 58.6 cm³/mol. The summed E-state index contributed by atoms with van der Waals surface area (Å²) in [5, 5.41) is 0.523. The fourth-order valence-electron chi connectivity index (χ4n) is 1.08. The van der Waals surface area contributed by atoms with Gasteiger partial charge >= 0.3 is 0 Å². The maximum absolute atomic E-state index is 10.6. The number of aliphatic imine (C=N–C) groups is 1. The molecule has 0 fully saturated rings. The molecule has 1 rings (SSSR count). The van der Waals surface area contributed by atoms with Crippen molar-refractivity contribution < 1.29 is 4.79 Å². The fourth-order valence-corrected chi connectivity index (χ4v) is 1.52. The monoisotopic (exact) mass is 232 g/mol. The summed E-state index contributed by atoms with van der Waals surface area (Å²) in [6.07, 6.45) is 2.96. The normalized spacial score (nSPS) is 19.7. The number of rotatable bonds is 2. The van der Waals surface area contributed by atoms with Gasteiger partial charge in [0, 0.05) is 37.9 Å². The zero-order valence-electron chi connectivity index (χ0n) is 7.92. The molecule has 0 aliphatic carbocycles. The minimum atomic E-state index is 0.181. The summed E-state index contributed by atoms with van der Waals surface area (Å²) < 4.78 is 0. The second-order valence-electron chi connectivity index (χ2n) is 3.13. The highest BCUT2D eigenvalue weighted by Gasteiger charge is 2.16. The average molecular weight is 233 g/mol. The van der Waals surface area contributed by atoms with Gasteiger partial charge < -0.3 is 4.90 Å². The fraction of sp³-hybridized carbons (Fsp3) is 0.333. The number of aldehydes is 1. The number of allylic oxidation sites excluding steroid dienone is 2. The van der Waals surface area contributed by atoms with Gasteiger partial charge in [-0.25, -0.2) is 4.99 Å². The maximum Gasteiger partial charge on any atom is 0.149 e. The Morgan fingerprint density at radius 2 is 2.07 bits per heavy atom. The number of hydrogen-bond acceptors (Lipinski definition) is 3. The van der Waals surface area contributed by atoms with Crippen LogP contribution in [0.5, 0.6) is 0 Å². The lowest BCUT2D eigenvalue weighted by atomic mass is 10.1. The van der Waals surface area contributed by atoms with E-state index in [0.717, 1.165) is 5.57 Å². The van der Waals surface area contributed by atoms with E-state index < -0.39 is 0 Å². The van der Waals surface area contributed by atoms with Crippen molar-refractivity contribution in [2.45, 2.75) is 6.42 Å². The third-order valence-electron chi connectivity index (χ3n) is 1.66. The van der Waals surface area contributed by atoms with Crippen LogP contribution in [0, 0.1) is 0 Å². The molecule has 0 amide bonds. The molecule has 0 radical (unpaired) electrons. The van der Waals surface area contributed by atoms with Crippen LogP contribution < -0.4 is 0 Å². The van der Waals surface area contributed by atoms with Crippen molar-refractivity contribution in [2.24, 2.45) is 4.99 Å². The van der Waals surface area contributed by atoms with E-state index in [1.165, 1.54) is 0 Å². The quantitative estimate of drug-likeness (QED) is 0.540. The molecule has 0 saturated heterocycles. The van der Waals surface area contributed by atoms with Crippen LogP contribution >= 0.6 is 23.2 Å². The zero-order chi connectivity index (χ0) is 10.7. The molecule has 0 aromatic carbocycles. The third kappa shape index (κ3) is 2.59. The molecule has 0 N–H and O–H groups in total. The van der Waals surface area contributed by atoms with Crippen LogP contribution in [0.15, 0.2) is 27.5 Å². The molecular formula is C9H10Cl2N2O. The molecule has 0 unspecified atom stereocenters. The van der Waals surface area contributed by atoms with Gasteiger partial charge in [0.05, 0.1) is 0 Å². The summed E-state index contributed by atoms with van der Waals surface area (Å²) in [6, 6.07) is 0. The summed E-state index contributed by atoms with van der Waals surface area (Å²) in [5.41, 5.74) is 1.26. The number of halogens is 2. The lowest BCUT2D eigenvalue weighted by molar-refractivity contribution is -0.105. The van der Waals surface area contributed by atoms with Crippen molar-refractivity contribution in [1.29, 1.82) is 0 Å². The van der Waals surface area contributed by atoms with Crippen LogP contribution in [-0.4, -0.2) is 30.5 Å². The van der Waals surface area contributed by atoms with Crippen molar-refractivity contribution in [3.63, 3.8) is 0 Å². The summed E-state index contributed by atoms with van der Waals surface area (Å²) >= 11 is 11.6. The second kappa shape index (κ2) is 4.62. The van der Waals surface area contributed by atoms with Gasteiger partial charge in [0.25, 0.3) is 0 Å². The lowest BCUT2D eigenvalue weighted by Crippen LogP contribution is -2.10. The van der Waals surface area contributed by atoms with E-state index in [-0.39, 0.29) is 5.16 Å². The van der Waals surface area contributed by atoms with Crippen molar-refractivity contribution in [1.82, 2.24) is 4.90 Å². The second-order valence-corrected chi connectivity index (χ2v) is 3.85. The lowest BCUT2D eigenvalue weighted by Gasteiger charge is -2.14. The van der Waals surface area contributed by atoms with Gasteiger partial charge in [-0.2, -0.15) is 0 Å². The molecule has 1 aliphatic rings. The molecule has 5 heteroatoms. The van der Waals surface area contributed by atoms with Gasteiger partial charge in [-0.15, -0.1) is 0 Å². The topological polar surface area (TPSA) is 32.7 Å². The number of carbonyl (C=O) groups excluding carboxylic acids is 1. The Balaban J connectivity index is 3.01. The van der Waals surface area contributed by atoms with Gasteiger partial charge in [0.15, 0.2) is 0 Å². The van der Waals surface area contributed by atoms with E-state index in [2.05, 4.69) is 4.99 Å². The SMILES string of the molecule is CN(C)/C=C1/CC(C=O)=C(Cl)N=C1Cl. The van der Waals surface area contributed by atoms with E-state index in [9.17, 15) is 4.79 Å². The van der Waals surface area contributed by atoms with E-state index in [1.807, 2.05) is 25.2 Å². The van der Waals surface area contributed by atoms with Crippen molar-refractivity contribution >= 4 is 34.7 Å². The molecule has 3 nitrogen and oxygen atoms in total. The Kier molecular flexibility index (Phi) is 3.72. The smallest absolute Gasteiger partial charge is 0.149 e. The van der Waals surface area contributed by atoms with E-state index in [0.29, 0.717) is 23.5 Å². The van der Waals surface area contributed by atoms with Crippen LogP contribution in [0.3, 0.4) is 0 Å². The molecule has 1 aliphatic heterocycles. The Morgan fingerprint density at radius 1 is 1.43 bits per heavy atom. The predicted octanol–water partition coefficient (Wildman–Crippen LogP) is 2.12. The molecule has 0 atom stereocenters. The molecule has 1 heterocycles. The van der Waals surface area contributed by atoms with Crippen LogP contribution in [0.2, 0.25) is 0 Å². The van der Waals surface area contributed by atoms with Crippen LogP contribution in [0.25, 0.3) is 0 Å². The molecule has 0 spiro atoms. The molecule has 0 saturated carbocycles. The molecule has 0 bridgehead atoms. The van der Waals surface area contributed by atoms with Crippen LogP contribution in [0.4, 0.5) is 0 Å². The van der Waals surface area contributed by atoms with E-state index in [4.69, 9.17) is 23.2 Å². The third-order valence-corrected chi connectivity index (χ3v) is 2.32. The van der Waals surface area contributed by atoms with Crippen molar-refractivity contribution in [2.75, 3.05) is 14.1 Å². The van der Waals surface area contributed by atoms with Crippen molar-refractivity contribution in [3.05, 3.63) is 22.5 Å². The summed E-state index contributed by atoms with van der Waals surface area (Å²) in [5.74, 6) is 0. The van der Waals surface area contributed by atoms with Gasteiger partial charge in [-0.05, 0) is 0 Å². The van der Waals surface area contributed by atoms with Gasteiger partial charge in [0.2, 0.25) is 0 Å². The summed E-state index contributed by atoms with van der Waals surface area (Å²) in [4.78, 5) is 16.3. The number of nitrogens with zero attached hydrogens (tertiary/aromatic N) is 2. The zero-order valence-corrected chi connectivity index (χ0v) is 9.43. The molecule has 14 heavy (non-hydrogen) atoms. The van der Waals surface area contributed by atoms with Crippen LogP contribution in [0.1, 0.15) is 6.42 Å². The average Bonchev–Trinajstić information content (AvgIpc) is 2.09. The molecule has 0 aromatic rings. The first kappa shape index (κ1) is 11.3. The number of carbonyl (C=O) groups is 1. The first-order valence-corrected chi connectivity index (χ1v) is 4.75. The first-order chi connectivity index (χ1) is 6.54. The first-order valence-electron chi connectivity index (χ1n) is 4.00. The standard InChI is InChI=1S/C9H10Cl2N2O/c1-13(2)4-6-3-7(5-14)9(11)12-8(6)10/h4-5H,3H2,1-2H3/b6-4-. The molecular weight excluding hydrogens is 223 g/mol. The van der Waals surface area contributed by atoms with Crippen LogP contribution in [-0.2, 0) is 4.79 Å². The molecule has 0 aromatic heterocycles. The minimum Gasteiger partial charge on any atom is -0.383 e. The van der Waals surface area contributed by atoms with Gasteiger partial charge in [0.1, 0.15) is 16.6 Å². The summed E-state index contributed by atoms with van der Waals surface area (Å²) in [6.45, 7) is 0. The van der Waals surface area contributed by atoms with E-state index >= 15 is 0 Å². The Labute approximate surface area is 92.7 Å². The summed E-state index contributed by atoms with van der Waals surface area (Å²) in [7, 11) is 3.75. The Hall–Kier alpha value is -0.800. The Morgan fingerprint density at radius 3 is 2.57 bits per heavy atom. The minimum absolute atomic E-state index is 0.181. The van der Waals surface area contributed by atoms with Gasteiger partial charge in [-0.3, -0.25) is 4.79 Å². The highest BCUT2D eigenvalue weighted by atomic mass is 35.5. The number of hydrogen-bond donors (Lipinski definition) is 0. The Bertz CT molecular complexity index is 343. The van der Waals surface area contributed by atoms with Crippen molar-refractivity contribution in [3.8, 4) is 0 Å².